The molecule has 1 aliphatic heterocycles. The van der Waals surface area contributed by atoms with Crippen molar-refractivity contribution in [1.29, 1.82) is 0 Å². The first-order chi connectivity index (χ1) is 11.3. The molecule has 0 aliphatic carbocycles. The van der Waals surface area contributed by atoms with E-state index in [1.807, 2.05) is 0 Å². The molecule has 0 bridgehead atoms. The van der Waals surface area contributed by atoms with Gasteiger partial charge >= 0.3 is 0 Å². The molecule has 24 heavy (non-hydrogen) atoms. The molecular formula is C14H18N4O6. The summed E-state index contributed by atoms with van der Waals surface area (Å²) >= 11 is 0. The normalized spacial score (nSPS) is 13.0. The van der Waals surface area contributed by atoms with Gasteiger partial charge in [-0.2, -0.15) is 0 Å². The smallest absolute Gasteiger partial charge is 0.253 e. The number of carbonyl (C=O) groups excluding carboxylic acids is 6. The van der Waals surface area contributed by atoms with Crippen LogP contribution in [0.3, 0.4) is 0 Å². The minimum Gasteiger partial charge on any atom is -0.348 e. The zero-order valence-electron chi connectivity index (χ0n) is 13.1. The van der Waals surface area contributed by atoms with Gasteiger partial charge in [-0.3, -0.25) is 33.7 Å². The van der Waals surface area contributed by atoms with Crippen molar-refractivity contribution in [2.24, 2.45) is 0 Å². The third-order valence-electron chi connectivity index (χ3n) is 2.89. The summed E-state index contributed by atoms with van der Waals surface area (Å²) in [6.45, 7) is 0.455. The second kappa shape index (κ2) is 9.18. The lowest BCUT2D eigenvalue weighted by Gasteiger charge is -2.13. The standard InChI is InChI=1S/C14H18N4O6/c1-9(19)6-15-11(21)8-17-12(22)7-16-10(20)4-5-18-13(23)2-3-14(18)24/h2-3H,4-8H2,1H3,(H,15,21)(H,16,20)(H,17,22). The van der Waals surface area contributed by atoms with Crippen LogP contribution in [-0.4, -0.2) is 66.4 Å². The van der Waals surface area contributed by atoms with Crippen molar-refractivity contribution in [3.05, 3.63) is 12.2 Å². The van der Waals surface area contributed by atoms with Crippen molar-refractivity contribution < 1.29 is 28.8 Å². The number of imide groups is 1. The van der Waals surface area contributed by atoms with Gasteiger partial charge in [0.25, 0.3) is 11.8 Å². The third-order valence-corrected chi connectivity index (χ3v) is 2.89. The number of amides is 5. The maximum atomic E-state index is 11.6. The van der Waals surface area contributed by atoms with Crippen LogP contribution in [0.5, 0.6) is 0 Å². The number of hydrogen-bond acceptors (Lipinski definition) is 6. The Morgan fingerprint density at radius 3 is 1.79 bits per heavy atom. The van der Waals surface area contributed by atoms with Crippen molar-refractivity contribution in [1.82, 2.24) is 20.9 Å². The molecule has 130 valence electrons. The molecule has 0 atom stereocenters. The SMILES string of the molecule is CC(=O)CNC(=O)CNC(=O)CNC(=O)CCN1C(=O)C=CC1=O. The second-order valence-corrected chi connectivity index (χ2v) is 4.94. The number of nitrogens with zero attached hydrogens (tertiary/aromatic N) is 1. The highest BCUT2D eigenvalue weighted by atomic mass is 16.2. The highest BCUT2D eigenvalue weighted by molar-refractivity contribution is 6.13. The molecule has 10 nitrogen and oxygen atoms in total. The Bertz CT molecular complexity index is 580. The maximum absolute atomic E-state index is 11.6. The highest BCUT2D eigenvalue weighted by Crippen LogP contribution is 2.03. The quantitative estimate of drug-likeness (QED) is 0.389. The summed E-state index contributed by atoms with van der Waals surface area (Å²) in [7, 11) is 0. The first kappa shape index (κ1) is 19.0. The highest BCUT2D eigenvalue weighted by Gasteiger charge is 2.23. The molecule has 0 saturated heterocycles. The first-order valence-corrected chi connectivity index (χ1v) is 7.12. The molecule has 0 radical (unpaired) electrons. The molecule has 1 heterocycles. The van der Waals surface area contributed by atoms with Gasteiger partial charge in [-0.05, 0) is 6.92 Å². The van der Waals surface area contributed by atoms with Crippen LogP contribution in [0.25, 0.3) is 0 Å². The van der Waals surface area contributed by atoms with Gasteiger partial charge < -0.3 is 16.0 Å². The number of nitrogens with one attached hydrogen (secondary N) is 3. The van der Waals surface area contributed by atoms with Crippen LogP contribution in [0.1, 0.15) is 13.3 Å². The Kier molecular flexibility index (Phi) is 7.27. The molecule has 0 aromatic carbocycles. The molecule has 0 saturated carbocycles. The van der Waals surface area contributed by atoms with Crippen molar-refractivity contribution in [3.8, 4) is 0 Å². The monoisotopic (exact) mass is 338 g/mol. The van der Waals surface area contributed by atoms with Crippen LogP contribution in [0.2, 0.25) is 0 Å². The van der Waals surface area contributed by atoms with Gasteiger partial charge in [-0.15, -0.1) is 0 Å². The van der Waals surface area contributed by atoms with Crippen molar-refractivity contribution in [3.63, 3.8) is 0 Å². The van der Waals surface area contributed by atoms with Gasteiger partial charge in [0, 0.05) is 25.1 Å². The van der Waals surface area contributed by atoms with Crippen LogP contribution < -0.4 is 16.0 Å². The number of Topliss-reactive ketones (excluding diaryl/α,β-unsaturated/α-hetero) is 1. The fraction of sp³-hybridized carbons (Fsp3) is 0.429. The van der Waals surface area contributed by atoms with Crippen LogP contribution in [0.15, 0.2) is 12.2 Å². The Balaban J connectivity index is 2.16. The number of ketones is 1. The molecule has 0 fully saturated rings. The zero-order chi connectivity index (χ0) is 18.1. The van der Waals surface area contributed by atoms with E-state index in [9.17, 15) is 28.8 Å². The lowest BCUT2D eigenvalue weighted by atomic mass is 10.3. The van der Waals surface area contributed by atoms with Crippen molar-refractivity contribution in [2.45, 2.75) is 13.3 Å². The van der Waals surface area contributed by atoms with Gasteiger partial charge in [0.1, 0.15) is 5.78 Å². The van der Waals surface area contributed by atoms with Gasteiger partial charge in [0.15, 0.2) is 0 Å². The Morgan fingerprint density at radius 1 is 0.833 bits per heavy atom. The number of rotatable bonds is 9. The Morgan fingerprint density at radius 2 is 1.29 bits per heavy atom. The largest absolute Gasteiger partial charge is 0.348 e. The maximum Gasteiger partial charge on any atom is 0.253 e. The van der Waals surface area contributed by atoms with Crippen molar-refractivity contribution >= 4 is 35.3 Å². The molecule has 0 aromatic rings. The molecule has 0 spiro atoms. The van der Waals surface area contributed by atoms with Crippen molar-refractivity contribution in [2.75, 3.05) is 26.2 Å². The van der Waals surface area contributed by atoms with E-state index in [0.717, 1.165) is 17.1 Å². The molecule has 1 aliphatic rings. The predicted molar refractivity (Wildman–Crippen MR) is 80.2 cm³/mol. The summed E-state index contributed by atoms with van der Waals surface area (Å²) in [4.78, 5) is 68.4. The zero-order valence-corrected chi connectivity index (χ0v) is 13.1. The molecule has 0 unspecified atom stereocenters. The van der Waals surface area contributed by atoms with Gasteiger partial charge in [0.2, 0.25) is 17.7 Å². The Labute approximate surface area is 137 Å². The summed E-state index contributed by atoms with van der Waals surface area (Å²) in [5, 5.41) is 6.87. The lowest BCUT2D eigenvalue weighted by molar-refractivity contribution is -0.137. The summed E-state index contributed by atoms with van der Waals surface area (Å²) in [5.41, 5.74) is 0. The van der Waals surface area contributed by atoms with Gasteiger partial charge in [-0.25, -0.2) is 0 Å². The van der Waals surface area contributed by atoms with E-state index >= 15 is 0 Å². The average molecular weight is 338 g/mol. The van der Waals surface area contributed by atoms with Gasteiger partial charge in [0.05, 0.1) is 19.6 Å². The van der Waals surface area contributed by atoms with Crippen LogP contribution in [0.4, 0.5) is 0 Å². The number of hydrogen-bond donors (Lipinski definition) is 3. The van der Waals surface area contributed by atoms with E-state index in [2.05, 4.69) is 16.0 Å². The number of carbonyl (C=O) groups is 6. The van der Waals surface area contributed by atoms with Gasteiger partial charge in [-0.1, -0.05) is 0 Å². The van der Waals surface area contributed by atoms with Crippen LogP contribution >= 0.6 is 0 Å². The van der Waals surface area contributed by atoms with E-state index in [-0.39, 0.29) is 38.4 Å². The molecular weight excluding hydrogens is 320 g/mol. The van der Waals surface area contributed by atoms with E-state index in [4.69, 9.17) is 0 Å². The topological polar surface area (TPSA) is 142 Å². The molecule has 0 aromatic heterocycles. The minimum atomic E-state index is -0.587. The predicted octanol–water partition coefficient (Wildman–Crippen LogP) is -2.76. The van der Waals surface area contributed by atoms with Crippen LogP contribution in [0, 0.1) is 0 Å². The summed E-state index contributed by atoms with van der Waals surface area (Å²) in [6.07, 6.45) is 2.10. The van der Waals surface area contributed by atoms with E-state index in [1.165, 1.54) is 6.92 Å². The first-order valence-electron chi connectivity index (χ1n) is 7.12. The third kappa shape index (κ3) is 6.81. The van der Waals surface area contributed by atoms with E-state index in [1.54, 1.807) is 0 Å². The molecule has 10 heteroatoms. The van der Waals surface area contributed by atoms with Crippen LogP contribution in [-0.2, 0) is 28.8 Å². The van der Waals surface area contributed by atoms with E-state index < -0.39 is 29.5 Å². The minimum absolute atomic E-state index is 0.0778. The lowest BCUT2D eigenvalue weighted by Crippen LogP contribution is -2.43. The van der Waals surface area contributed by atoms with E-state index in [0.29, 0.717) is 0 Å². The average Bonchev–Trinajstić information content (AvgIpc) is 2.85. The fourth-order valence-electron chi connectivity index (χ4n) is 1.66. The fourth-order valence-corrected chi connectivity index (χ4v) is 1.66. The summed E-state index contributed by atoms with van der Waals surface area (Å²) in [5.74, 6) is -2.81. The summed E-state index contributed by atoms with van der Waals surface area (Å²) < 4.78 is 0. The molecule has 5 amide bonds. The second-order valence-electron chi connectivity index (χ2n) is 4.94. The molecule has 1 rings (SSSR count). The summed E-state index contributed by atoms with van der Waals surface area (Å²) in [6, 6.07) is 0. The Hall–Kier alpha value is -3.04. The molecule has 3 N–H and O–H groups in total.